The second-order valence-electron chi connectivity index (χ2n) is 6.65. The SMILES string of the molecule is CC(NC(=O)c1ccc(Cn2nnc3ccccc32)cc1)c1ccccc1F. The van der Waals surface area contributed by atoms with Crippen molar-refractivity contribution in [1.82, 2.24) is 20.3 Å². The first-order valence-electron chi connectivity index (χ1n) is 9.04. The van der Waals surface area contributed by atoms with Crippen molar-refractivity contribution in [3.8, 4) is 0 Å². The summed E-state index contributed by atoms with van der Waals surface area (Å²) in [5.74, 6) is -0.570. The van der Waals surface area contributed by atoms with E-state index in [2.05, 4.69) is 15.6 Å². The summed E-state index contributed by atoms with van der Waals surface area (Å²) in [6.07, 6.45) is 0. The van der Waals surface area contributed by atoms with Crippen molar-refractivity contribution >= 4 is 16.9 Å². The highest BCUT2D eigenvalue weighted by Gasteiger charge is 2.14. The lowest BCUT2D eigenvalue weighted by atomic mass is 10.1. The Morgan fingerprint density at radius 2 is 1.75 bits per heavy atom. The number of hydrogen-bond donors (Lipinski definition) is 1. The fourth-order valence-electron chi connectivity index (χ4n) is 3.15. The molecule has 1 aromatic heterocycles. The lowest BCUT2D eigenvalue weighted by Crippen LogP contribution is -2.27. The number of para-hydroxylation sites is 1. The van der Waals surface area contributed by atoms with Crippen LogP contribution >= 0.6 is 0 Å². The van der Waals surface area contributed by atoms with Crippen molar-refractivity contribution in [2.45, 2.75) is 19.5 Å². The van der Waals surface area contributed by atoms with Crippen LogP contribution in [0.4, 0.5) is 4.39 Å². The van der Waals surface area contributed by atoms with E-state index in [9.17, 15) is 9.18 Å². The van der Waals surface area contributed by atoms with Crippen molar-refractivity contribution < 1.29 is 9.18 Å². The Kier molecular flexibility index (Phi) is 4.85. The molecule has 1 atom stereocenters. The van der Waals surface area contributed by atoms with E-state index in [1.54, 1.807) is 37.3 Å². The summed E-state index contributed by atoms with van der Waals surface area (Å²) in [5.41, 5.74) is 3.80. The van der Waals surface area contributed by atoms with Crippen LogP contribution in [-0.2, 0) is 6.54 Å². The molecule has 1 unspecified atom stereocenters. The number of nitrogens with one attached hydrogen (secondary N) is 1. The molecule has 0 saturated heterocycles. The molecule has 6 heteroatoms. The van der Waals surface area contributed by atoms with E-state index in [0.717, 1.165) is 16.6 Å². The fourth-order valence-corrected chi connectivity index (χ4v) is 3.15. The molecule has 0 aliphatic heterocycles. The fraction of sp³-hybridized carbons (Fsp3) is 0.136. The smallest absolute Gasteiger partial charge is 0.251 e. The first-order chi connectivity index (χ1) is 13.6. The normalized spacial score (nSPS) is 12.1. The standard InChI is InChI=1S/C22H19FN4O/c1-15(18-6-2-3-7-19(18)23)24-22(28)17-12-10-16(11-13-17)14-27-21-9-5-4-8-20(21)25-26-27/h2-13,15H,14H2,1H3,(H,24,28). The zero-order valence-corrected chi connectivity index (χ0v) is 15.3. The molecule has 0 saturated carbocycles. The van der Waals surface area contributed by atoms with Crippen molar-refractivity contribution in [3.05, 3.63) is 95.3 Å². The van der Waals surface area contributed by atoms with Crippen LogP contribution in [0.15, 0.2) is 72.8 Å². The molecule has 140 valence electrons. The topological polar surface area (TPSA) is 59.8 Å². The van der Waals surface area contributed by atoms with Gasteiger partial charge in [-0.3, -0.25) is 4.79 Å². The second kappa shape index (κ2) is 7.60. The number of benzene rings is 3. The zero-order valence-electron chi connectivity index (χ0n) is 15.3. The highest BCUT2D eigenvalue weighted by Crippen LogP contribution is 2.17. The highest BCUT2D eigenvalue weighted by molar-refractivity contribution is 5.94. The van der Waals surface area contributed by atoms with Gasteiger partial charge in [-0.15, -0.1) is 5.10 Å². The minimum atomic E-state index is -0.421. The monoisotopic (exact) mass is 374 g/mol. The first kappa shape index (κ1) is 17.9. The third-order valence-electron chi connectivity index (χ3n) is 4.69. The molecule has 5 nitrogen and oxygen atoms in total. The number of fused-ring (bicyclic) bond motifs is 1. The quantitative estimate of drug-likeness (QED) is 0.572. The van der Waals surface area contributed by atoms with Crippen molar-refractivity contribution in [2.75, 3.05) is 0 Å². The van der Waals surface area contributed by atoms with Crippen LogP contribution < -0.4 is 5.32 Å². The minimum absolute atomic E-state index is 0.242. The first-order valence-corrected chi connectivity index (χ1v) is 9.04. The van der Waals surface area contributed by atoms with E-state index >= 15 is 0 Å². The van der Waals surface area contributed by atoms with Crippen LogP contribution in [0, 0.1) is 5.82 Å². The molecule has 1 N–H and O–H groups in total. The van der Waals surface area contributed by atoms with Crippen molar-refractivity contribution in [2.24, 2.45) is 0 Å². The Balaban J connectivity index is 1.45. The summed E-state index contributed by atoms with van der Waals surface area (Å²) < 4.78 is 15.7. The third kappa shape index (κ3) is 3.62. The molecule has 0 aliphatic carbocycles. The van der Waals surface area contributed by atoms with Crippen LogP contribution in [0.25, 0.3) is 11.0 Å². The van der Waals surface area contributed by atoms with E-state index in [0.29, 0.717) is 17.7 Å². The number of amides is 1. The molecule has 4 aromatic rings. The Morgan fingerprint density at radius 3 is 2.54 bits per heavy atom. The molecule has 0 aliphatic rings. The van der Waals surface area contributed by atoms with Gasteiger partial charge in [-0.25, -0.2) is 9.07 Å². The third-order valence-corrected chi connectivity index (χ3v) is 4.69. The van der Waals surface area contributed by atoms with Gasteiger partial charge in [-0.05, 0) is 42.8 Å². The van der Waals surface area contributed by atoms with E-state index in [1.165, 1.54) is 6.07 Å². The summed E-state index contributed by atoms with van der Waals surface area (Å²) in [5, 5.41) is 11.2. The van der Waals surface area contributed by atoms with E-state index in [4.69, 9.17) is 0 Å². The van der Waals surface area contributed by atoms with Gasteiger partial charge in [-0.1, -0.05) is 47.7 Å². The minimum Gasteiger partial charge on any atom is -0.345 e. The highest BCUT2D eigenvalue weighted by atomic mass is 19.1. The predicted octanol–water partition coefficient (Wildman–Crippen LogP) is 4.11. The predicted molar refractivity (Wildman–Crippen MR) is 105 cm³/mol. The summed E-state index contributed by atoms with van der Waals surface area (Å²) >= 11 is 0. The van der Waals surface area contributed by atoms with Gasteiger partial charge in [0.2, 0.25) is 0 Å². The summed E-state index contributed by atoms with van der Waals surface area (Å²) in [7, 11) is 0. The summed E-state index contributed by atoms with van der Waals surface area (Å²) in [4.78, 5) is 12.5. The van der Waals surface area contributed by atoms with Gasteiger partial charge >= 0.3 is 0 Å². The van der Waals surface area contributed by atoms with Gasteiger partial charge in [0.1, 0.15) is 11.3 Å². The molecule has 0 radical (unpaired) electrons. The average molecular weight is 374 g/mol. The maximum Gasteiger partial charge on any atom is 0.251 e. The number of aromatic nitrogens is 3. The number of nitrogens with zero attached hydrogens (tertiary/aromatic N) is 3. The molecule has 0 spiro atoms. The molecular formula is C22H19FN4O. The molecule has 28 heavy (non-hydrogen) atoms. The second-order valence-corrected chi connectivity index (χ2v) is 6.65. The van der Waals surface area contributed by atoms with Gasteiger partial charge in [0.15, 0.2) is 0 Å². The molecule has 0 fully saturated rings. The molecular weight excluding hydrogens is 355 g/mol. The molecule has 1 amide bonds. The Labute approximate surface area is 161 Å². The Morgan fingerprint density at radius 1 is 1.04 bits per heavy atom. The van der Waals surface area contributed by atoms with Gasteiger partial charge in [0.25, 0.3) is 5.91 Å². The summed E-state index contributed by atoms with van der Waals surface area (Å²) in [6, 6.07) is 21.1. The van der Waals surface area contributed by atoms with Gasteiger partial charge in [0, 0.05) is 11.1 Å². The van der Waals surface area contributed by atoms with Gasteiger partial charge in [-0.2, -0.15) is 0 Å². The number of rotatable bonds is 5. The van der Waals surface area contributed by atoms with Gasteiger partial charge < -0.3 is 5.32 Å². The maximum absolute atomic E-state index is 13.9. The molecule has 3 aromatic carbocycles. The average Bonchev–Trinajstić information content (AvgIpc) is 3.12. The zero-order chi connectivity index (χ0) is 19.5. The van der Waals surface area contributed by atoms with Crippen LogP contribution in [-0.4, -0.2) is 20.9 Å². The maximum atomic E-state index is 13.9. The van der Waals surface area contributed by atoms with Crippen LogP contribution in [0.5, 0.6) is 0 Å². The lowest BCUT2D eigenvalue weighted by molar-refractivity contribution is 0.0939. The lowest BCUT2D eigenvalue weighted by Gasteiger charge is -2.15. The van der Waals surface area contributed by atoms with Crippen LogP contribution in [0.1, 0.15) is 34.5 Å². The largest absolute Gasteiger partial charge is 0.345 e. The molecule has 0 bridgehead atoms. The van der Waals surface area contributed by atoms with Gasteiger partial charge in [0.05, 0.1) is 18.1 Å². The van der Waals surface area contributed by atoms with Crippen molar-refractivity contribution in [3.63, 3.8) is 0 Å². The number of carbonyl (C=O) groups excluding carboxylic acids is 1. The number of halogens is 1. The molecule has 1 heterocycles. The number of hydrogen-bond acceptors (Lipinski definition) is 3. The Bertz CT molecular complexity index is 1120. The van der Waals surface area contributed by atoms with Crippen LogP contribution in [0.3, 0.4) is 0 Å². The van der Waals surface area contributed by atoms with E-state index in [1.807, 2.05) is 41.1 Å². The van der Waals surface area contributed by atoms with Crippen molar-refractivity contribution in [1.29, 1.82) is 0 Å². The summed E-state index contributed by atoms with van der Waals surface area (Å²) in [6.45, 7) is 2.33. The molecule has 4 rings (SSSR count). The van der Waals surface area contributed by atoms with E-state index < -0.39 is 6.04 Å². The van der Waals surface area contributed by atoms with E-state index in [-0.39, 0.29) is 11.7 Å². The van der Waals surface area contributed by atoms with Crippen LogP contribution in [0.2, 0.25) is 0 Å². The Hall–Kier alpha value is -3.54. The number of carbonyl (C=O) groups is 1.